The van der Waals surface area contributed by atoms with Crippen molar-refractivity contribution in [3.63, 3.8) is 0 Å². The average molecular weight is 324 g/mol. The lowest BCUT2D eigenvalue weighted by Crippen LogP contribution is -2.02. The lowest BCUT2D eigenvalue weighted by atomic mass is 10.00. The second-order valence-electron chi connectivity index (χ2n) is 5.32. The Morgan fingerprint density at radius 3 is 2.08 bits per heavy atom. The standard InChI is InChI=1S/C18H10F2N2O2/c19-11-7-3-1-5-9(11)15-13-14(18(24)21-15)16(22-17(13)23)10-6-2-4-8-12(10)20/h1-8,21,24H. The van der Waals surface area contributed by atoms with Gasteiger partial charge in [0, 0.05) is 11.1 Å². The average Bonchev–Trinajstić information content (AvgIpc) is 3.08. The lowest BCUT2D eigenvalue weighted by Gasteiger charge is -2.02. The van der Waals surface area contributed by atoms with Crippen LogP contribution in [0.1, 0.15) is 21.5 Å². The third-order valence-electron chi connectivity index (χ3n) is 3.92. The number of aromatic nitrogens is 1. The first-order valence-corrected chi connectivity index (χ1v) is 7.16. The summed E-state index contributed by atoms with van der Waals surface area (Å²) in [5.74, 6) is -2.12. The number of aliphatic imine (C=N–C) groups is 1. The molecule has 1 aliphatic rings. The molecule has 118 valence electrons. The molecule has 2 aromatic carbocycles. The highest BCUT2D eigenvalue weighted by Gasteiger charge is 2.34. The van der Waals surface area contributed by atoms with Crippen LogP contribution in [0.4, 0.5) is 8.78 Å². The molecular weight excluding hydrogens is 314 g/mol. The van der Waals surface area contributed by atoms with E-state index in [0.29, 0.717) is 0 Å². The molecule has 0 saturated heterocycles. The number of hydrogen-bond donors (Lipinski definition) is 2. The van der Waals surface area contributed by atoms with Crippen LogP contribution >= 0.6 is 0 Å². The molecule has 0 atom stereocenters. The van der Waals surface area contributed by atoms with Crippen LogP contribution in [0.2, 0.25) is 0 Å². The van der Waals surface area contributed by atoms with Crippen molar-refractivity contribution in [2.24, 2.45) is 4.99 Å². The molecule has 3 aromatic rings. The quantitative estimate of drug-likeness (QED) is 0.755. The van der Waals surface area contributed by atoms with Gasteiger partial charge in [-0.05, 0) is 24.3 Å². The molecule has 0 radical (unpaired) electrons. The Morgan fingerprint density at radius 1 is 0.875 bits per heavy atom. The van der Waals surface area contributed by atoms with E-state index >= 15 is 0 Å². The minimum atomic E-state index is -0.655. The largest absolute Gasteiger partial charge is 0.494 e. The normalized spacial score (nSPS) is 13.1. The minimum absolute atomic E-state index is 0.0319. The molecule has 6 heteroatoms. The van der Waals surface area contributed by atoms with Crippen LogP contribution in [0.3, 0.4) is 0 Å². The number of amides is 1. The number of H-pyrrole nitrogens is 1. The predicted molar refractivity (Wildman–Crippen MR) is 84.2 cm³/mol. The summed E-state index contributed by atoms with van der Waals surface area (Å²) in [6, 6.07) is 11.7. The Morgan fingerprint density at radius 2 is 1.46 bits per heavy atom. The van der Waals surface area contributed by atoms with Crippen LogP contribution in [-0.2, 0) is 0 Å². The molecule has 4 nitrogen and oxygen atoms in total. The number of halogens is 2. The van der Waals surface area contributed by atoms with Crippen molar-refractivity contribution in [2.75, 3.05) is 0 Å². The number of nitrogens with one attached hydrogen (secondary N) is 1. The topological polar surface area (TPSA) is 65.4 Å². The molecule has 1 amide bonds. The van der Waals surface area contributed by atoms with Crippen LogP contribution in [-0.4, -0.2) is 21.7 Å². The fourth-order valence-electron chi connectivity index (χ4n) is 2.86. The zero-order chi connectivity index (χ0) is 16.8. The van der Waals surface area contributed by atoms with Crippen molar-refractivity contribution in [2.45, 2.75) is 0 Å². The van der Waals surface area contributed by atoms with Crippen LogP contribution in [0.15, 0.2) is 53.5 Å². The molecule has 4 rings (SSSR count). The Bertz CT molecular complexity index is 1020. The van der Waals surface area contributed by atoms with Gasteiger partial charge in [-0.1, -0.05) is 24.3 Å². The van der Waals surface area contributed by atoms with Gasteiger partial charge in [0.15, 0.2) is 5.88 Å². The molecule has 0 fully saturated rings. The highest BCUT2D eigenvalue weighted by atomic mass is 19.1. The van der Waals surface area contributed by atoms with E-state index in [1.165, 1.54) is 36.4 Å². The number of fused-ring (bicyclic) bond motifs is 1. The SMILES string of the molecule is O=C1N=C(c2ccccc2F)c2c(O)[nH]c(-c3ccccc3F)c21. The van der Waals surface area contributed by atoms with E-state index in [1.807, 2.05) is 0 Å². The van der Waals surface area contributed by atoms with Gasteiger partial charge in [0.1, 0.15) is 11.6 Å². The summed E-state index contributed by atoms with van der Waals surface area (Å²) in [5.41, 5.74) is 0.510. The van der Waals surface area contributed by atoms with Gasteiger partial charge >= 0.3 is 0 Å². The summed E-state index contributed by atoms with van der Waals surface area (Å²) in [5, 5.41) is 10.2. The number of nitrogens with zero attached hydrogens (tertiary/aromatic N) is 1. The second kappa shape index (κ2) is 5.13. The fourth-order valence-corrected chi connectivity index (χ4v) is 2.86. The van der Waals surface area contributed by atoms with Gasteiger partial charge in [-0.15, -0.1) is 0 Å². The van der Waals surface area contributed by atoms with E-state index in [-0.39, 0.29) is 39.5 Å². The van der Waals surface area contributed by atoms with Gasteiger partial charge in [0.2, 0.25) is 0 Å². The zero-order valence-corrected chi connectivity index (χ0v) is 12.2. The summed E-state index contributed by atoms with van der Waals surface area (Å²) in [7, 11) is 0. The number of aromatic amines is 1. The summed E-state index contributed by atoms with van der Waals surface area (Å²) < 4.78 is 28.1. The van der Waals surface area contributed by atoms with Crippen molar-refractivity contribution in [3.8, 4) is 17.1 Å². The highest BCUT2D eigenvalue weighted by Crippen LogP contribution is 2.38. The Labute approximate surface area is 135 Å². The van der Waals surface area contributed by atoms with Crippen molar-refractivity contribution >= 4 is 11.6 Å². The molecule has 2 N–H and O–H groups in total. The maximum atomic E-state index is 14.1. The van der Waals surface area contributed by atoms with E-state index in [2.05, 4.69) is 9.98 Å². The summed E-state index contributed by atoms with van der Waals surface area (Å²) in [4.78, 5) is 18.8. The van der Waals surface area contributed by atoms with Crippen molar-refractivity contribution in [1.29, 1.82) is 0 Å². The number of benzene rings is 2. The van der Waals surface area contributed by atoms with Crippen molar-refractivity contribution in [1.82, 2.24) is 4.98 Å². The fraction of sp³-hybridized carbons (Fsp3) is 0. The Kier molecular flexibility index (Phi) is 3.06. The predicted octanol–water partition coefficient (Wildman–Crippen LogP) is 3.66. The summed E-state index contributed by atoms with van der Waals surface area (Å²) in [6.45, 7) is 0. The maximum absolute atomic E-state index is 14.1. The first kappa shape index (κ1) is 14.3. The van der Waals surface area contributed by atoms with Gasteiger partial charge in [-0.2, -0.15) is 0 Å². The number of aromatic hydroxyl groups is 1. The number of carbonyl (C=O) groups excluding carboxylic acids is 1. The van der Waals surface area contributed by atoms with Crippen LogP contribution in [0, 0.1) is 11.6 Å². The first-order valence-electron chi connectivity index (χ1n) is 7.16. The monoisotopic (exact) mass is 324 g/mol. The zero-order valence-electron chi connectivity index (χ0n) is 12.2. The summed E-state index contributed by atoms with van der Waals surface area (Å²) in [6.07, 6.45) is 0. The molecule has 24 heavy (non-hydrogen) atoms. The third kappa shape index (κ3) is 1.96. The molecule has 0 bridgehead atoms. The first-order chi connectivity index (χ1) is 11.6. The van der Waals surface area contributed by atoms with E-state index < -0.39 is 17.5 Å². The molecule has 0 spiro atoms. The molecule has 0 unspecified atom stereocenters. The van der Waals surface area contributed by atoms with Gasteiger partial charge < -0.3 is 10.1 Å². The molecule has 0 saturated carbocycles. The second-order valence-corrected chi connectivity index (χ2v) is 5.32. The minimum Gasteiger partial charge on any atom is -0.494 e. The van der Waals surface area contributed by atoms with E-state index in [1.54, 1.807) is 12.1 Å². The van der Waals surface area contributed by atoms with Crippen LogP contribution in [0.25, 0.3) is 11.3 Å². The van der Waals surface area contributed by atoms with Crippen molar-refractivity contribution in [3.05, 3.63) is 76.9 Å². The number of carbonyl (C=O) groups is 1. The van der Waals surface area contributed by atoms with Gasteiger partial charge in [0.05, 0.1) is 22.5 Å². The van der Waals surface area contributed by atoms with Crippen LogP contribution in [0.5, 0.6) is 5.88 Å². The molecule has 1 aliphatic heterocycles. The van der Waals surface area contributed by atoms with Crippen molar-refractivity contribution < 1.29 is 18.7 Å². The maximum Gasteiger partial charge on any atom is 0.280 e. The molecular formula is C18H10F2N2O2. The number of hydrogen-bond acceptors (Lipinski definition) is 2. The molecule has 0 aliphatic carbocycles. The number of rotatable bonds is 2. The molecule has 1 aromatic heterocycles. The van der Waals surface area contributed by atoms with E-state index in [0.717, 1.165) is 0 Å². The lowest BCUT2D eigenvalue weighted by molar-refractivity contribution is 0.101. The third-order valence-corrected chi connectivity index (χ3v) is 3.92. The van der Waals surface area contributed by atoms with E-state index in [4.69, 9.17) is 0 Å². The summed E-state index contributed by atoms with van der Waals surface area (Å²) >= 11 is 0. The molecule has 2 heterocycles. The Hall–Kier alpha value is -3.28. The van der Waals surface area contributed by atoms with Crippen LogP contribution < -0.4 is 0 Å². The van der Waals surface area contributed by atoms with E-state index in [9.17, 15) is 18.7 Å². The van der Waals surface area contributed by atoms with Gasteiger partial charge in [-0.3, -0.25) is 4.79 Å². The smallest absolute Gasteiger partial charge is 0.280 e. The van der Waals surface area contributed by atoms with Gasteiger partial charge in [0.25, 0.3) is 5.91 Å². The Balaban J connectivity index is 1.95. The van der Waals surface area contributed by atoms with Gasteiger partial charge in [-0.25, -0.2) is 13.8 Å². The highest BCUT2D eigenvalue weighted by molar-refractivity contribution is 6.30.